The van der Waals surface area contributed by atoms with Crippen LogP contribution in [0.3, 0.4) is 0 Å². The van der Waals surface area contributed by atoms with Crippen molar-refractivity contribution >= 4 is 77.6 Å². The smallest absolute Gasteiger partial charge is 0.312 e. The van der Waals surface area contributed by atoms with Gasteiger partial charge in [-0.1, -0.05) is 164 Å². The Balaban J connectivity index is -0.000000447. The molecule has 10 aliphatic heterocycles. The van der Waals surface area contributed by atoms with E-state index in [-0.39, 0.29) is 257 Å². The standard InChI is InChI=1S/C15H20O6.C14H20O4.C14H22O4.C13H18O5.C9H12O2.C8H12O2.2C6H12O2.C2H6O.12CH4/c1-4-6(2)13(16)20-11-7-5-8-10(9(7)14(17)19-3)15(18)21-12(8)11;1-4-14(2,3)13(16)18-11-8-5-7-6-9(8)12(15)17-10(7)11;1-5-13(2,3)12(16)17-10-8-9-6-7-14(10,4)18-11(9)15;1-4-13(2,3)12(15)18-9-7-5-6-8(16-7)10(9)17-11(6)14;10-9-8-6-2-1-5(3-6)7(8)4-11-9;9-8-7-4-2-1-3-6(7)5-10-8;2*1-4-5(2)6(7)8-3;1-3-2;;;;;;;;;;;;/h6-12H,4-5H2,1-3H3;7-11H,4-6H2,1-3H3;9-10H,5-8H2,1-4H3;6-10H,4-5H2,1-3H3;5-8H,1-4H2;6-7H,1-5H2;2*5H,4H2,1-3H3;1-2H3;12*1H4. The number of carbonyl (C=O) groups is 13. The predicted octanol–water partition coefficient (Wildman–Crippen LogP) is 19.2. The highest BCUT2D eigenvalue weighted by Crippen LogP contribution is 2.60. The lowest BCUT2D eigenvalue weighted by atomic mass is 9.74. The van der Waals surface area contributed by atoms with Crippen LogP contribution < -0.4 is 0 Å². The van der Waals surface area contributed by atoms with Crippen LogP contribution in [0.4, 0.5) is 0 Å². The van der Waals surface area contributed by atoms with Crippen LogP contribution in [0, 0.1) is 123 Å². The van der Waals surface area contributed by atoms with Gasteiger partial charge in [0.05, 0.1) is 116 Å². The third kappa shape index (κ3) is 28.5. The first kappa shape index (κ1) is 129. The lowest BCUT2D eigenvalue weighted by Crippen LogP contribution is -2.57. The first-order valence-electron chi connectivity index (χ1n) is 42.5. The number of methoxy groups -OCH3 is 4. The van der Waals surface area contributed by atoms with Gasteiger partial charge in [-0.2, -0.15) is 0 Å². The molecule has 127 heavy (non-hydrogen) atoms. The van der Waals surface area contributed by atoms with Gasteiger partial charge in [0, 0.05) is 56.1 Å². The lowest BCUT2D eigenvalue weighted by Gasteiger charge is -2.48. The van der Waals surface area contributed by atoms with Crippen LogP contribution in [-0.4, -0.2) is 187 Å². The van der Waals surface area contributed by atoms with Crippen LogP contribution >= 0.6 is 0 Å². The number of esters is 13. The second kappa shape index (κ2) is 54.8. The Morgan fingerprint density at radius 3 is 1.35 bits per heavy atom. The third-order valence-electron chi connectivity index (χ3n) is 28.2. The summed E-state index contributed by atoms with van der Waals surface area (Å²) in [5.41, 5.74) is -2.06. The van der Waals surface area contributed by atoms with Gasteiger partial charge in [0.15, 0.2) is 12.2 Å². The number of cyclic esters (lactones) is 2. The maximum absolute atomic E-state index is 12.1. The Hall–Kier alpha value is -6.97. The summed E-state index contributed by atoms with van der Waals surface area (Å²) in [4.78, 5) is 150. The molecule has 28 unspecified atom stereocenters. The average Bonchev–Trinajstić information content (AvgIpc) is 1.55. The highest BCUT2D eigenvalue weighted by Gasteiger charge is 2.71. The van der Waals surface area contributed by atoms with Crippen molar-refractivity contribution in [1.29, 1.82) is 0 Å². The van der Waals surface area contributed by atoms with Gasteiger partial charge in [-0.3, -0.25) is 62.3 Å². The molecule has 18 aliphatic rings. The minimum absolute atomic E-state index is 0. The number of hydrogen-bond acceptors (Lipinski definition) is 28. The molecular formula is C99H182O28. The lowest BCUT2D eigenvalue weighted by molar-refractivity contribution is -0.221. The highest BCUT2D eigenvalue weighted by atomic mass is 16.7. The minimum atomic E-state index is -0.620. The van der Waals surface area contributed by atoms with Gasteiger partial charge in [0.2, 0.25) is 0 Å². The molecule has 0 spiro atoms. The maximum atomic E-state index is 12.1. The summed E-state index contributed by atoms with van der Waals surface area (Å²) in [6.45, 7) is 31.8. The van der Waals surface area contributed by atoms with Crippen LogP contribution in [0.15, 0.2) is 0 Å². The van der Waals surface area contributed by atoms with Crippen molar-refractivity contribution in [2.75, 3.05) is 48.8 Å². The molecule has 12 bridgehead atoms. The molecule has 0 aromatic rings. The monoisotopic (exact) mass is 1820 g/mol. The van der Waals surface area contributed by atoms with Crippen LogP contribution in [0.1, 0.15) is 328 Å². The molecule has 28 heteroatoms. The Morgan fingerprint density at radius 2 is 0.874 bits per heavy atom. The SMILES string of the molecule is C.C.C.C.C.C.C.C.C.C.C.C.CCC(C)(C)C(=O)OC1C2CC3C(=O)OC1C3O2.CCC(C)(C)C(=O)OC1C2CC3CC2C(=O)OC31.CCC(C)(C)C(=O)OC1CC2CCC1(C)OC2=O.CCC(C)C(=O)OC.CCC(C)C(=O)OC.CCC(C)C(=O)OC1C2CC3C1OC(=O)C3C2C(=O)OC.COC.O=C1OCC2C3CCC(C3)C12.O=C1OCC2CCCCC12. The molecule has 10 saturated heterocycles. The Labute approximate surface area is 767 Å². The van der Waals surface area contributed by atoms with Crippen LogP contribution in [0.25, 0.3) is 0 Å². The molecule has 0 amide bonds. The third-order valence-corrected chi connectivity index (χ3v) is 28.2. The summed E-state index contributed by atoms with van der Waals surface area (Å²) in [6, 6.07) is 0. The van der Waals surface area contributed by atoms with E-state index >= 15 is 0 Å². The number of carbonyl (C=O) groups excluding carboxylic acids is 13. The summed E-state index contributed by atoms with van der Waals surface area (Å²) < 4.78 is 77.5. The number of hydrogen-bond donors (Lipinski definition) is 0. The predicted molar refractivity (Wildman–Crippen MR) is 492 cm³/mol. The maximum Gasteiger partial charge on any atom is 0.312 e. The molecule has 746 valence electrons. The number of ether oxygens (including phenoxy) is 15. The fraction of sp³-hybridized carbons (Fsp3) is 0.869. The van der Waals surface area contributed by atoms with E-state index in [0.29, 0.717) is 68.3 Å². The van der Waals surface area contributed by atoms with Crippen molar-refractivity contribution in [3.05, 3.63) is 0 Å². The van der Waals surface area contributed by atoms with E-state index in [9.17, 15) is 62.3 Å². The summed E-state index contributed by atoms with van der Waals surface area (Å²) in [7, 11) is 7.38. The van der Waals surface area contributed by atoms with Crippen LogP contribution in [-0.2, 0) is 133 Å². The van der Waals surface area contributed by atoms with Crippen molar-refractivity contribution in [1.82, 2.24) is 0 Å². The van der Waals surface area contributed by atoms with Gasteiger partial charge in [-0.15, -0.1) is 0 Å². The zero-order chi connectivity index (χ0) is 85.3. The average molecular weight is 1820 g/mol. The van der Waals surface area contributed by atoms with E-state index in [1.165, 1.54) is 59.9 Å². The molecular weight excluding hydrogens is 1640 g/mol. The molecule has 28 atom stereocenters. The fourth-order valence-corrected chi connectivity index (χ4v) is 18.9. The Kier molecular flexibility index (Phi) is 55.4. The fourth-order valence-electron chi connectivity index (χ4n) is 18.9. The summed E-state index contributed by atoms with van der Waals surface area (Å²) >= 11 is 0. The zero-order valence-electron chi connectivity index (χ0n) is 72.1. The Bertz CT molecular complexity index is 3350. The molecule has 0 aromatic carbocycles. The molecule has 0 aromatic heterocycles. The zero-order valence-corrected chi connectivity index (χ0v) is 72.1. The van der Waals surface area contributed by atoms with Gasteiger partial charge in [0.1, 0.15) is 42.2 Å². The molecule has 18 rings (SSSR count). The minimum Gasteiger partial charge on any atom is -0.469 e. The van der Waals surface area contributed by atoms with Crippen molar-refractivity contribution in [3.63, 3.8) is 0 Å². The second-order valence-corrected chi connectivity index (χ2v) is 36.6. The molecule has 8 aliphatic carbocycles. The van der Waals surface area contributed by atoms with E-state index < -0.39 is 58.0 Å². The van der Waals surface area contributed by atoms with Crippen LogP contribution in [0.5, 0.6) is 0 Å². The van der Waals surface area contributed by atoms with Crippen molar-refractivity contribution in [2.45, 2.75) is 389 Å². The van der Waals surface area contributed by atoms with Gasteiger partial charge >= 0.3 is 77.6 Å². The van der Waals surface area contributed by atoms with Gasteiger partial charge in [0.25, 0.3) is 0 Å². The van der Waals surface area contributed by atoms with E-state index in [2.05, 4.69) is 14.2 Å². The van der Waals surface area contributed by atoms with Crippen LogP contribution in [0.2, 0.25) is 0 Å². The highest BCUT2D eigenvalue weighted by molar-refractivity contribution is 5.87. The molecule has 18 fully saturated rings. The van der Waals surface area contributed by atoms with E-state index in [0.717, 1.165) is 70.3 Å². The Morgan fingerprint density at radius 1 is 0.402 bits per heavy atom. The van der Waals surface area contributed by atoms with E-state index in [1.54, 1.807) is 21.1 Å². The summed E-state index contributed by atoms with van der Waals surface area (Å²) in [5.74, 6) is 0.246. The number of rotatable bonds is 17. The van der Waals surface area contributed by atoms with E-state index in [4.69, 9.17) is 56.8 Å². The van der Waals surface area contributed by atoms with Crippen molar-refractivity contribution in [2.24, 2.45) is 123 Å². The van der Waals surface area contributed by atoms with E-state index in [1.807, 2.05) is 104 Å². The molecule has 10 heterocycles. The summed E-state index contributed by atoms with van der Waals surface area (Å²) in [6.07, 6.45) is 16.0. The van der Waals surface area contributed by atoms with Gasteiger partial charge in [-0.05, 0) is 169 Å². The largest absolute Gasteiger partial charge is 0.469 e. The molecule has 0 radical (unpaired) electrons. The first-order valence-corrected chi connectivity index (χ1v) is 42.5. The first-order chi connectivity index (χ1) is 54.2. The van der Waals surface area contributed by atoms with Gasteiger partial charge < -0.3 is 71.1 Å². The normalized spacial score (nSPS) is 32.8. The second-order valence-electron chi connectivity index (χ2n) is 36.6. The van der Waals surface area contributed by atoms with Crippen molar-refractivity contribution < 1.29 is 133 Å². The molecule has 28 nitrogen and oxygen atoms in total. The van der Waals surface area contributed by atoms with Gasteiger partial charge in [-0.25, -0.2) is 0 Å². The van der Waals surface area contributed by atoms with Crippen molar-refractivity contribution in [3.8, 4) is 0 Å². The summed E-state index contributed by atoms with van der Waals surface area (Å²) in [5, 5.41) is 0. The topological polar surface area (TPSA) is 360 Å². The quantitative estimate of drug-likeness (QED) is 0.0964. The molecule has 0 N–H and O–H groups in total. The number of fused-ring (bicyclic) bond motifs is 12. The molecule has 8 saturated carbocycles.